The molecule has 11 heteroatoms. The number of thioether (sulfide) groups is 1. The molecular formula is C11H11ClF3N3O3S. The van der Waals surface area contributed by atoms with Gasteiger partial charge in [0.1, 0.15) is 5.15 Å². The lowest BCUT2D eigenvalue weighted by atomic mass is 10.3. The van der Waals surface area contributed by atoms with E-state index < -0.39 is 23.7 Å². The van der Waals surface area contributed by atoms with E-state index in [0.717, 1.165) is 17.8 Å². The van der Waals surface area contributed by atoms with Gasteiger partial charge in [0, 0.05) is 0 Å². The fourth-order valence-electron chi connectivity index (χ4n) is 1.17. The van der Waals surface area contributed by atoms with Crippen molar-refractivity contribution in [2.75, 3.05) is 12.4 Å². The van der Waals surface area contributed by atoms with Crippen LogP contribution in [0.3, 0.4) is 0 Å². The molecule has 6 nitrogen and oxygen atoms in total. The van der Waals surface area contributed by atoms with Crippen molar-refractivity contribution in [3.63, 3.8) is 0 Å². The number of pyridine rings is 1. The van der Waals surface area contributed by atoms with Crippen LogP contribution in [0.2, 0.25) is 5.15 Å². The van der Waals surface area contributed by atoms with Crippen molar-refractivity contribution >= 4 is 35.4 Å². The number of carbonyl (C=O) groups excluding carboxylic acids is 2. The summed E-state index contributed by atoms with van der Waals surface area (Å²) in [5, 5.41) is -0.395. The maximum atomic E-state index is 12.6. The van der Waals surface area contributed by atoms with Crippen LogP contribution < -0.4 is 10.9 Å². The Hall–Kier alpha value is -1.68. The molecule has 0 aromatic carbocycles. The average molecular weight is 358 g/mol. The maximum Gasteiger partial charge on any atom is 0.426 e. The van der Waals surface area contributed by atoms with Crippen molar-refractivity contribution in [1.82, 2.24) is 15.8 Å². The molecule has 0 spiro atoms. The molecule has 2 N–H and O–H groups in total. The Labute approximate surface area is 132 Å². The third-order valence-electron chi connectivity index (χ3n) is 2.03. The van der Waals surface area contributed by atoms with E-state index in [1.807, 2.05) is 10.9 Å². The third-order valence-corrected chi connectivity index (χ3v) is 3.13. The molecule has 0 fully saturated rings. The first kappa shape index (κ1) is 18.4. The molecule has 1 aromatic rings. The number of aromatic nitrogens is 1. The zero-order chi connectivity index (χ0) is 16.8. The van der Waals surface area contributed by atoms with Crippen LogP contribution in [0.5, 0.6) is 0 Å². The Morgan fingerprint density at radius 3 is 2.64 bits per heavy atom. The summed E-state index contributed by atoms with van der Waals surface area (Å²) in [5.74, 6) is -0.912. The summed E-state index contributed by atoms with van der Waals surface area (Å²) < 4.78 is 42.3. The number of amides is 2. The van der Waals surface area contributed by atoms with Crippen LogP contribution in [0.15, 0.2) is 17.2 Å². The number of hydrazine groups is 1. The summed E-state index contributed by atoms with van der Waals surface area (Å²) >= 11 is 6.25. The van der Waals surface area contributed by atoms with E-state index in [1.165, 1.54) is 0 Å². The second-order valence-electron chi connectivity index (χ2n) is 3.70. The Morgan fingerprint density at radius 1 is 1.36 bits per heavy atom. The minimum atomic E-state index is -4.56. The lowest BCUT2D eigenvalue weighted by molar-refractivity contribution is -0.137. The molecule has 2 amide bonds. The summed E-state index contributed by atoms with van der Waals surface area (Å²) in [7, 11) is 0. The molecule has 0 aliphatic carbocycles. The molecule has 0 unspecified atom stereocenters. The molecule has 0 saturated carbocycles. The number of alkyl halides is 3. The molecule has 0 atom stereocenters. The summed E-state index contributed by atoms with van der Waals surface area (Å²) in [6.45, 7) is 1.71. The van der Waals surface area contributed by atoms with Crippen LogP contribution in [0.4, 0.5) is 18.0 Å². The van der Waals surface area contributed by atoms with Gasteiger partial charge in [-0.05, 0) is 19.1 Å². The minimum absolute atomic E-state index is 0.0638. The van der Waals surface area contributed by atoms with Crippen molar-refractivity contribution in [2.45, 2.75) is 18.1 Å². The van der Waals surface area contributed by atoms with E-state index in [9.17, 15) is 22.8 Å². The first-order valence-electron chi connectivity index (χ1n) is 5.81. The fraction of sp³-hybridized carbons (Fsp3) is 0.364. The van der Waals surface area contributed by atoms with Crippen LogP contribution in [-0.4, -0.2) is 29.3 Å². The standard InChI is InChI=1S/C11H11ClF3N3O3S/c1-2-21-10(20)18-17-8(19)5-22-9-4-6(11(13,14)15)3-7(12)16-9/h3-4H,2,5H2,1H3,(H,17,19)(H,18,20). The summed E-state index contributed by atoms with van der Waals surface area (Å²) in [6.07, 6.45) is -5.41. The van der Waals surface area contributed by atoms with Gasteiger partial charge in [-0.2, -0.15) is 13.2 Å². The highest BCUT2D eigenvalue weighted by atomic mass is 35.5. The van der Waals surface area contributed by atoms with Crippen LogP contribution >= 0.6 is 23.4 Å². The summed E-state index contributed by atoms with van der Waals surface area (Å²) in [6, 6.07) is 1.47. The van der Waals surface area contributed by atoms with Gasteiger partial charge in [0.15, 0.2) is 0 Å². The Bertz CT molecular complexity index is 557. The number of ether oxygens (including phenoxy) is 1. The van der Waals surface area contributed by atoms with Gasteiger partial charge in [-0.25, -0.2) is 15.2 Å². The Balaban J connectivity index is 2.56. The van der Waals surface area contributed by atoms with Gasteiger partial charge in [-0.15, -0.1) is 0 Å². The van der Waals surface area contributed by atoms with Gasteiger partial charge in [-0.3, -0.25) is 10.2 Å². The Kier molecular flexibility index (Phi) is 6.75. The molecule has 122 valence electrons. The number of nitrogens with one attached hydrogen (secondary N) is 2. The van der Waals surface area contributed by atoms with Crippen molar-refractivity contribution in [1.29, 1.82) is 0 Å². The monoisotopic (exact) mass is 357 g/mol. The molecular weight excluding hydrogens is 347 g/mol. The van der Waals surface area contributed by atoms with Gasteiger partial charge in [0.25, 0.3) is 0 Å². The normalized spacial score (nSPS) is 11.0. The minimum Gasteiger partial charge on any atom is -0.449 e. The zero-order valence-corrected chi connectivity index (χ0v) is 12.7. The van der Waals surface area contributed by atoms with E-state index in [4.69, 9.17) is 11.6 Å². The number of hydrogen-bond donors (Lipinski definition) is 2. The smallest absolute Gasteiger partial charge is 0.426 e. The molecule has 1 rings (SSSR count). The molecule has 0 saturated heterocycles. The molecule has 1 heterocycles. The summed E-state index contributed by atoms with van der Waals surface area (Å²) in [4.78, 5) is 26.0. The fourth-order valence-corrected chi connectivity index (χ4v) is 2.16. The van der Waals surface area contributed by atoms with Crippen molar-refractivity contribution in [3.05, 3.63) is 22.8 Å². The molecule has 1 aromatic heterocycles. The van der Waals surface area contributed by atoms with Gasteiger partial charge in [0.2, 0.25) is 5.91 Å². The topological polar surface area (TPSA) is 80.3 Å². The van der Waals surface area contributed by atoms with Crippen molar-refractivity contribution in [3.8, 4) is 0 Å². The van der Waals surface area contributed by atoms with Crippen LogP contribution in [0, 0.1) is 0 Å². The van der Waals surface area contributed by atoms with Gasteiger partial charge in [-0.1, -0.05) is 23.4 Å². The third kappa shape index (κ3) is 6.39. The molecule has 0 radical (unpaired) electrons. The van der Waals surface area contributed by atoms with Crippen molar-refractivity contribution in [2.24, 2.45) is 0 Å². The van der Waals surface area contributed by atoms with E-state index in [1.54, 1.807) is 6.92 Å². The quantitative estimate of drug-likeness (QED) is 0.492. The van der Waals surface area contributed by atoms with Gasteiger partial charge < -0.3 is 4.74 Å². The van der Waals surface area contributed by atoms with Gasteiger partial charge >= 0.3 is 12.3 Å². The second kappa shape index (κ2) is 8.08. The maximum absolute atomic E-state index is 12.6. The zero-order valence-electron chi connectivity index (χ0n) is 11.2. The number of hydrogen-bond acceptors (Lipinski definition) is 5. The predicted molar refractivity (Wildman–Crippen MR) is 73.3 cm³/mol. The molecule has 0 bridgehead atoms. The van der Waals surface area contributed by atoms with Crippen LogP contribution in [0.1, 0.15) is 12.5 Å². The average Bonchev–Trinajstić information content (AvgIpc) is 2.41. The van der Waals surface area contributed by atoms with E-state index in [-0.39, 0.29) is 22.5 Å². The highest BCUT2D eigenvalue weighted by molar-refractivity contribution is 7.99. The SMILES string of the molecule is CCOC(=O)NNC(=O)CSc1cc(C(F)(F)F)cc(Cl)n1. The highest BCUT2D eigenvalue weighted by Gasteiger charge is 2.31. The first-order valence-corrected chi connectivity index (χ1v) is 7.18. The predicted octanol–water partition coefficient (Wildman–Crippen LogP) is 2.62. The molecule has 0 aliphatic heterocycles. The van der Waals surface area contributed by atoms with E-state index in [0.29, 0.717) is 6.07 Å². The van der Waals surface area contributed by atoms with Crippen LogP contribution in [0.25, 0.3) is 0 Å². The molecule has 22 heavy (non-hydrogen) atoms. The summed E-state index contributed by atoms with van der Waals surface area (Å²) in [5.41, 5.74) is 3.04. The first-order chi connectivity index (χ1) is 10.2. The number of carbonyl (C=O) groups is 2. The van der Waals surface area contributed by atoms with Gasteiger partial charge in [0.05, 0.1) is 22.9 Å². The Morgan fingerprint density at radius 2 is 2.05 bits per heavy atom. The highest BCUT2D eigenvalue weighted by Crippen LogP contribution is 2.32. The number of rotatable bonds is 4. The number of halogens is 4. The lowest BCUT2D eigenvalue weighted by Crippen LogP contribution is -2.42. The van der Waals surface area contributed by atoms with E-state index in [2.05, 4.69) is 9.72 Å². The van der Waals surface area contributed by atoms with E-state index >= 15 is 0 Å². The second-order valence-corrected chi connectivity index (χ2v) is 5.08. The van der Waals surface area contributed by atoms with Crippen LogP contribution in [-0.2, 0) is 15.7 Å². The largest absolute Gasteiger partial charge is 0.449 e. The molecule has 0 aliphatic rings. The number of nitrogens with zero attached hydrogens (tertiary/aromatic N) is 1. The van der Waals surface area contributed by atoms with Crippen molar-refractivity contribution < 1.29 is 27.5 Å². The lowest BCUT2D eigenvalue weighted by Gasteiger charge is -2.09.